The molecular formula is C15H17N3O2. The third kappa shape index (κ3) is 4.28. The number of benzene rings is 1. The molecule has 0 spiro atoms. The second-order valence-corrected chi connectivity index (χ2v) is 4.21. The number of aromatic nitrogens is 1. The molecule has 0 bridgehead atoms. The van der Waals surface area contributed by atoms with Gasteiger partial charge in [-0.15, -0.1) is 0 Å². The van der Waals surface area contributed by atoms with E-state index in [0.717, 1.165) is 18.8 Å². The maximum absolute atomic E-state index is 11.0. The van der Waals surface area contributed by atoms with Crippen LogP contribution in [0.2, 0.25) is 0 Å². The molecule has 0 aliphatic rings. The lowest BCUT2D eigenvalue weighted by atomic mass is 10.1. The van der Waals surface area contributed by atoms with Crippen molar-refractivity contribution in [2.24, 2.45) is 0 Å². The van der Waals surface area contributed by atoms with Crippen LogP contribution in [-0.2, 0) is 11.2 Å². The Morgan fingerprint density at radius 2 is 2.00 bits per heavy atom. The molecule has 104 valence electrons. The standard InChI is InChI=1S/C15H17N3O2/c1-20-15(19)18-13-7-8-14(17-11-13)16-10-9-12-5-3-2-4-6-12/h2-8,11H,9-10H2,1H3,(H,16,17)(H,18,19). The molecule has 0 atom stereocenters. The van der Waals surface area contributed by atoms with Crippen LogP contribution in [0, 0.1) is 0 Å². The first kappa shape index (κ1) is 13.9. The Labute approximate surface area is 118 Å². The number of amides is 1. The maximum atomic E-state index is 11.0. The fourth-order valence-corrected chi connectivity index (χ4v) is 1.72. The summed E-state index contributed by atoms with van der Waals surface area (Å²) in [6, 6.07) is 13.8. The fourth-order valence-electron chi connectivity index (χ4n) is 1.72. The van der Waals surface area contributed by atoms with E-state index in [1.807, 2.05) is 24.3 Å². The van der Waals surface area contributed by atoms with E-state index < -0.39 is 6.09 Å². The van der Waals surface area contributed by atoms with Crippen molar-refractivity contribution in [2.75, 3.05) is 24.3 Å². The van der Waals surface area contributed by atoms with Crippen LogP contribution >= 0.6 is 0 Å². The lowest BCUT2D eigenvalue weighted by Crippen LogP contribution is -2.11. The highest BCUT2D eigenvalue weighted by Gasteiger charge is 2.01. The van der Waals surface area contributed by atoms with Crippen molar-refractivity contribution in [3.05, 3.63) is 54.2 Å². The number of carbonyl (C=O) groups is 1. The summed E-state index contributed by atoms with van der Waals surface area (Å²) >= 11 is 0. The maximum Gasteiger partial charge on any atom is 0.411 e. The van der Waals surface area contributed by atoms with Crippen molar-refractivity contribution in [3.63, 3.8) is 0 Å². The summed E-state index contributed by atoms with van der Waals surface area (Å²) in [6.07, 6.45) is 2.02. The van der Waals surface area contributed by atoms with E-state index in [1.54, 1.807) is 12.3 Å². The quantitative estimate of drug-likeness (QED) is 0.877. The van der Waals surface area contributed by atoms with Crippen molar-refractivity contribution < 1.29 is 9.53 Å². The van der Waals surface area contributed by atoms with Crippen LogP contribution in [0.5, 0.6) is 0 Å². The minimum Gasteiger partial charge on any atom is -0.453 e. The van der Waals surface area contributed by atoms with E-state index in [0.29, 0.717) is 5.69 Å². The van der Waals surface area contributed by atoms with Gasteiger partial charge in [0.1, 0.15) is 5.82 Å². The van der Waals surface area contributed by atoms with Crippen LogP contribution in [0.25, 0.3) is 0 Å². The van der Waals surface area contributed by atoms with Gasteiger partial charge in [0.25, 0.3) is 0 Å². The molecule has 20 heavy (non-hydrogen) atoms. The summed E-state index contributed by atoms with van der Waals surface area (Å²) in [5.41, 5.74) is 1.88. The normalized spacial score (nSPS) is 9.85. The van der Waals surface area contributed by atoms with E-state index in [4.69, 9.17) is 0 Å². The van der Waals surface area contributed by atoms with Crippen LogP contribution in [0.1, 0.15) is 5.56 Å². The first-order valence-corrected chi connectivity index (χ1v) is 6.37. The Morgan fingerprint density at radius 3 is 2.65 bits per heavy atom. The largest absolute Gasteiger partial charge is 0.453 e. The minimum absolute atomic E-state index is 0.503. The first-order chi connectivity index (χ1) is 9.78. The van der Waals surface area contributed by atoms with Gasteiger partial charge in [0.2, 0.25) is 0 Å². The van der Waals surface area contributed by atoms with Crippen LogP contribution in [-0.4, -0.2) is 24.7 Å². The Kier molecular flexibility index (Phi) is 4.94. The monoisotopic (exact) mass is 271 g/mol. The van der Waals surface area contributed by atoms with Crippen molar-refractivity contribution in [1.29, 1.82) is 0 Å². The molecule has 1 aromatic carbocycles. The first-order valence-electron chi connectivity index (χ1n) is 6.37. The molecule has 1 amide bonds. The van der Waals surface area contributed by atoms with Gasteiger partial charge in [0.15, 0.2) is 0 Å². The van der Waals surface area contributed by atoms with Crippen LogP contribution in [0.3, 0.4) is 0 Å². The highest BCUT2D eigenvalue weighted by atomic mass is 16.5. The van der Waals surface area contributed by atoms with Gasteiger partial charge in [-0.1, -0.05) is 30.3 Å². The van der Waals surface area contributed by atoms with E-state index >= 15 is 0 Å². The molecule has 0 unspecified atom stereocenters. The lowest BCUT2D eigenvalue weighted by Gasteiger charge is -2.07. The van der Waals surface area contributed by atoms with E-state index in [2.05, 4.69) is 32.5 Å². The molecule has 0 aliphatic heterocycles. The third-order valence-corrected chi connectivity index (χ3v) is 2.76. The molecule has 2 rings (SSSR count). The molecular weight excluding hydrogens is 254 g/mol. The van der Waals surface area contributed by atoms with Crippen molar-refractivity contribution >= 4 is 17.6 Å². The number of anilines is 2. The van der Waals surface area contributed by atoms with Crippen molar-refractivity contribution in [1.82, 2.24) is 4.98 Å². The number of methoxy groups -OCH3 is 1. The van der Waals surface area contributed by atoms with Gasteiger partial charge < -0.3 is 10.1 Å². The molecule has 1 heterocycles. The fraction of sp³-hybridized carbons (Fsp3) is 0.200. The van der Waals surface area contributed by atoms with Gasteiger partial charge in [-0.05, 0) is 24.1 Å². The zero-order valence-electron chi connectivity index (χ0n) is 11.3. The van der Waals surface area contributed by atoms with Gasteiger partial charge in [-0.25, -0.2) is 9.78 Å². The Hall–Kier alpha value is -2.56. The highest BCUT2D eigenvalue weighted by Crippen LogP contribution is 2.10. The van der Waals surface area contributed by atoms with E-state index in [1.165, 1.54) is 12.7 Å². The van der Waals surface area contributed by atoms with E-state index in [9.17, 15) is 4.79 Å². The van der Waals surface area contributed by atoms with E-state index in [-0.39, 0.29) is 0 Å². The summed E-state index contributed by atoms with van der Waals surface area (Å²) in [7, 11) is 1.32. The van der Waals surface area contributed by atoms with Crippen LogP contribution < -0.4 is 10.6 Å². The third-order valence-electron chi connectivity index (χ3n) is 2.76. The number of rotatable bonds is 5. The molecule has 0 saturated carbocycles. The van der Waals surface area contributed by atoms with Crippen LogP contribution in [0.15, 0.2) is 48.7 Å². The molecule has 0 aliphatic carbocycles. The van der Waals surface area contributed by atoms with Crippen LogP contribution in [0.4, 0.5) is 16.3 Å². The molecule has 0 radical (unpaired) electrons. The average molecular weight is 271 g/mol. The number of ether oxygens (including phenoxy) is 1. The Balaban J connectivity index is 1.80. The van der Waals surface area contributed by atoms with Gasteiger partial charge >= 0.3 is 6.09 Å². The second kappa shape index (κ2) is 7.13. The second-order valence-electron chi connectivity index (χ2n) is 4.21. The van der Waals surface area contributed by atoms with Gasteiger partial charge in [0, 0.05) is 6.54 Å². The molecule has 2 aromatic rings. The highest BCUT2D eigenvalue weighted by molar-refractivity contribution is 5.84. The SMILES string of the molecule is COC(=O)Nc1ccc(NCCc2ccccc2)nc1. The molecule has 2 N–H and O–H groups in total. The zero-order valence-corrected chi connectivity index (χ0v) is 11.3. The average Bonchev–Trinajstić information content (AvgIpc) is 2.50. The van der Waals surface area contributed by atoms with Crippen molar-refractivity contribution in [3.8, 4) is 0 Å². The molecule has 0 fully saturated rings. The Bertz CT molecular complexity index is 541. The topological polar surface area (TPSA) is 63.2 Å². The molecule has 1 aromatic heterocycles. The van der Waals surface area contributed by atoms with Gasteiger partial charge in [0.05, 0.1) is 19.0 Å². The minimum atomic E-state index is -0.503. The summed E-state index contributed by atoms with van der Waals surface area (Å²) in [4.78, 5) is 15.2. The number of nitrogens with one attached hydrogen (secondary N) is 2. The number of pyridine rings is 1. The van der Waals surface area contributed by atoms with Gasteiger partial charge in [-0.3, -0.25) is 5.32 Å². The molecule has 5 heteroatoms. The zero-order chi connectivity index (χ0) is 14.2. The number of hydrogen-bond acceptors (Lipinski definition) is 4. The summed E-state index contributed by atoms with van der Waals surface area (Å²) in [5, 5.41) is 5.78. The Morgan fingerprint density at radius 1 is 1.20 bits per heavy atom. The van der Waals surface area contributed by atoms with Crippen molar-refractivity contribution in [2.45, 2.75) is 6.42 Å². The molecule has 5 nitrogen and oxygen atoms in total. The predicted octanol–water partition coefficient (Wildman–Crippen LogP) is 2.91. The summed E-state index contributed by atoms with van der Waals surface area (Å²) < 4.78 is 4.50. The predicted molar refractivity (Wildman–Crippen MR) is 78.9 cm³/mol. The van der Waals surface area contributed by atoms with Gasteiger partial charge in [-0.2, -0.15) is 0 Å². The summed E-state index contributed by atoms with van der Waals surface area (Å²) in [6.45, 7) is 0.806. The smallest absolute Gasteiger partial charge is 0.411 e. The number of hydrogen-bond donors (Lipinski definition) is 2. The number of carbonyl (C=O) groups excluding carboxylic acids is 1. The summed E-state index contributed by atoms with van der Waals surface area (Å²) in [5.74, 6) is 0.774. The lowest BCUT2D eigenvalue weighted by molar-refractivity contribution is 0.187. The molecule has 0 saturated heterocycles. The number of nitrogens with zero attached hydrogens (tertiary/aromatic N) is 1.